The highest BCUT2D eigenvalue weighted by Crippen LogP contribution is 2.61. The number of hydrogen-bond donors (Lipinski definition) is 0. The van der Waals surface area contributed by atoms with Crippen molar-refractivity contribution in [3.8, 4) is 0 Å². The second kappa shape index (κ2) is 4.53. The van der Waals surface area contributed by atoms with E-state index >= 15 is 0 Å². The maximum absolute atomic E-state index is 2.65. The lowest BCUT2D eigenvalue weighted by Gasteiger charge is -2.55. The van der Waals surface area contributed by atoms with Crippen LogP contribution in [0.5, 0.6) is 0 Å². The van der Waals surface area contributed by atoms with E-state index in [0.717, 1.165) is 17.8 Å². The third kappa shape index (κ3) is 2.14. The van der Waals surface area contributed by atoms with Crippen molar-refractivity contribution < 1.29 is 0 Å². The molecule has 0 nitrogen and oxygen atoms in total. The molecule has 0 amide bonds. The second-order valence-electron chi connectivity index (χ2n) is 8.58. The minimum absolute atomic E-state index is 0.685. The summed E-state index contributed by atoms with van der Waals surface area (Å²) in [5.41, 5.74) is 1.37. The Morgan fingerprint density at radius 3 is 1.78 bits per heavy atom. The second-order valence-corrected chi connectivity index (χ2v) is 8.58. The summed E-state index contributed by atoms with van der Waals surface area (Å²) in [6.45, 7) is 7.79. The van der Waals surface area contributed by atoms with Gasteiger partial charge in [0.15, 0.2) is 0 Å². The van der Waals surface area contributed by atoms with Gasteiger partial charge in [-0.05, 0) is 67.1 Å². The predicted molar refractivity (Wildman–Crippen MR) is 78.5 cm³/mol. The highest BCUT2D eigenvalue weighted by Gasteiger charge is 2.51. The molecule has 3 saturated carbocycles. The summed E-state index contributed by atoms with van der Waals surface area (Å²) >= 11 is 0. The average Bonchev–Trinajstić information content (AvgIpc) is 2.56. The molecule has 0 saturated heterocycles. The van der Waals surface area contributed by atoms with Gasteiger partial charge >= 0.3 is 0 Å². The van der Waals surface area contributed by atoms with Crippen LogP contribution in [0.3, 0.4) is 0 Å². The molecule has 0 aromatic heterocycles. The predicted octanol–water partition coefficient (Wildman–Crippen LogP) is 5.81. The molecule has 0 heterocycles. The van der Waals surface area contributed by atoms with E-state index in [0.29, 0.717) is 10.8 Å². The molecule has 0 aromatic carbocycles. The van der Waals surface area contributed by atoms with Crippen LogP contribution >= 0.6 is 0 Å². The SMILES string of the molecule is CC1CCC2(C)CC(C)(CC1)C1CCCCC2C1. The summed E-state index contributed by atoms with van der Waals surface area (Å²) in [5.74, 6) is 3.09. The van der Waals surface area contributed by atoms with Gasteiger partial charge in [-0.2, -0.15) is 0 Å². The first-order valence-electron chi connectivity index (χ1n) is 8.52. The summed E-state index contributed by atoms with van der Waals surface area (Å²) in [6.07, 6.45) is 15.2. The van der Waals surface area contributed by atoms with Crippen LogP contribution < -0.4 is 0 Å². The molecule has 3 rings (SSSR count). The van der Waals surface area contributed by atoms with Crippen LogP contribution in [0.15, 0.2) is 0 Å². The minimum atomic E-state index is 0.685. The normalized spacial score (nSPS) is 53.2. The van der Waals surface area contributed by atoms with E-state index in [-0.39, 0.29) is 0 Å². The fourth-order valence-electron chi connectivity index (χ4n) is 5.72. The summed E-state index contributed by atoms with van der Waals surface area (Å²) in [7, 11) is 0. The lowest BCUT2D eigenvalue weighted by molar-refractivity contribution is -0.0502. The van der Waals surface area contributed by atoms with E-state index in [4.69, 9.17) is 0 Å². The molecule has 0 spiro atoms. The van der Waals surface area contributed by atoms with Crippen molar-refractivity contribution in [1.82, 2.24) is 0 Å². The Kier molecular flexibility index (Phi) is 3.27. The maximum atomic E-state index is 2.65. The van der Waals surface area contributed by atoms with E-state index in [1.165, 1.54) is 51.4 Å². The van der Waals surface area contributed by atoms with Crippen molar-refractivity contribution in [2.45, 2.75) is 85.0 Å². The number of rotatable bonds is 0. The van der Waals surface area contributed by atoms with E-state index in [2.05, 4.69) is 20.8 Å². The van der Waals surface area contributed by atoms with Crippen molar-refractivity contribution in [3.05, 3.63) is 0 Å². The smallest absolute Gasteiger partial charge is 0.0292 e. The van der Waals surface area contributed by atoms with Gasteiger partial charge in [-0.15, -0.1) is 0 Å². The molecule has 0 radical (unpaired) electrons. The van der Waals surface area contributed by atoms with Crippen LogP contribution in [0, 0.1) is 28.6 Å². The Labute approximate surface area is 114 Å². The molecule has 0 aromatic rings. The first-order chi connectivity index (χ1) is 8.52. The Bertz CT molecular complexity index is 279. The van der Waals surface area contributed by atoms with Crippen molar-refractivity contribution in [2.75, 3.05) is 0 Å². The first kappa shape index (κ1) is 13.0. The van der Waals surface area contributed by atoms with Gasteiger partial charge in [0.25, 0.3) is 0 Å². The Balaban J connectivity index is 1.92. The highest BCUT2D eigenvalue weighted by molar-refractivity contribution is 5.01. The van der Waals surface area contributed by atoms with Crippen LogP contribution in [-0.4, -0.2) is 0 Å². The van der Waals surface area contributed by atoms with Gasteiger partial charge in [0, 0.05) is 0 Å². The molecule has 3 fully saturated rings. The summed E-state index contributed by atoms with van der Waals surface area (Å²) < 4.78 is 0. The van der Waals surface area contributed by atoms with Crippen LogP contribution in [0.1, 0.15) is 85.0 Å². The number of hydrogen-bond acceptors (Lipinski definition) is 0. The molecule has 0 heteroatoms. The van der Waals surface area contributed by atoms with Gasteiger partial charge in [0.2, 0.25) is 0 Å². The fraction of sp³-hybridized carbons (Fsp3) is 1.00. The van der Waals surface area contributed by atoms with Gasteiger partial charge in [0.05, 0.1) is 0 Å². The van der Waals surface area contributed by atoms with Crippen molar-refractivity contribution in [3.63, 3.8) is 0 Å². The summed E-state index contributed by atoms with van der Waals surface area (Å²) in [4.78, 5) is 0. The molecule has 4 bridgehead atoms. The molecule has 18 heavy (non-hydrogen) atoms. The van der Waals surface area contributed by atoms with Gasteiger partial charge in [-0.1, -0.05) is 46.5 Å². The lowest BCUT2D eigenvalue weighted by atomic mass is 9.50. The molecule has 4 unspecified atom stereocenters. The van der Waals surface area contributed by atoms with Crippen molar-refractivity contribution in [2.24, 2.45) is 28.6 Å². The van der Waals surface area contributed by atoms with Gasteiger partial charge in [-0.3, -0.25) is 0 Å². The Morgan fingerprint density at radius 2 is 1.28 bits per heavy atom. The third-order valence-electron chi connectivity index (χ3n) is 7.12. The van der Waals surface area contributed by atoms with Crippen LogP contribution in [0.2, 0.25) is 0 Å². The third-order valence-corrected chi connectivity index (χ3v) is 7.12. The fourth-order valence-corrected chi connectivity index (χ4v) is 5.72. The largest absolute Gasteiger partial charge is 0.0625 e. The van der Waals surface area contributed by atoms with E-state index in [1.54, 1.807) is 12.8 Å². The van der Waals surface area contributed by atoms with Crippen molar-refractivity contribution in [1.29, 1.82) is 0 Å². The summed E-state index contributed by atoms with van der Waals surface area (Å²) in [6, 6.07) is 0. The quantitative estimate of drug-likeness (QED) is 0.507. The molecule has 0 N–H and O–H groups in total. The molecule has 3 aliphatic carbocycles. The highest BCUT2D eigenvalue weighted by atomic mass is 14.6. The Hall–Kier alpha value is 0. The average molecular weight is 248 g/mol. The maximum Gasteiger partial charge on any atom is -0.0292 e. The lowest BCUT2D eigenvalue weighted by Crippen LogP contribution is -2.45. The number of fused-ring (bicyclic) bond motifs is 6. The standard InChI is InChI=1S/C18H32/c1-14-8-10-17(2)13-18(3,11-9-14)16-7-5-4-6-15(17)12-16/h14-16H,4-13H2,1-3H3. The molecule has 104 valence electrons. The molecular weight excluding hydrogens is 216 g/mol. The van der Waals surface area contributed by atoms with Gasteiger partial charge in [0.1, 0.15) is 0 Å². The monoisotopic (exact) mass is 248 g/mol. The van der Waals surface area contributed by atoms with Gasteiger partial charge < -0.3 is 0 Å². The zero-order chi connectivity index (χ0) is 12.8. The zero-order valence-electron chi connectivity index (χ0n) is 12.8. The zero-order valence-corrected chi connectivity index (χ0v) is 12.8. The molecule has 0 aliphatic heterocycles. The molecular formula is C18H32. The van der Waals surface area contributed by atoms with E-state index in [9.17, 15) is 0 Å². The van der Waals surface area contributed by atoms with Crippen molar-refractivity contribution >= 4 is 0 Å². The first-order valence-corrected chi connectivity index (χ1v) is 8.52. The van der Waals surface area contributed by atoms with E-state index in [1.807, 2.05) is 0 Å². The summed E-state index contributed by atoms with van der Waals surface area (Å²) in [5, 5.41) is 0. The van der Waals surface area contributed by atoms with Crippen LogP contribution in [-0.2, 0) is 0 Å². The molecule has 3 aliphatic rings. The van der Waals surface area contributed by atoms with Crippen LogP contribution in [0.4, 0.5) is 0 Å². The van der Waals surface area contributed by atoms with Crippen LogP contribution in [0.25, 0.3) is 0 Å². The molecule has 4 atom stereocenters. The minimum Gasteiger partial charge on any atom is -0.0625 e. The van der Waals surface area contributed by atoms with Gasteiger partial charge in [-0.25, -0.2) is 0 Å². The van der Waals surface area contributed by atoms with E-state index < -0.39 is 0 Å². The Morgan fingerprint density at radius 1 is 0.778 bits per heavy atom. The topological polar surface area (TPSA) is 0 Å².